The minimum absolute atomic E-state index is 0.0614. The maximum absolute atomic E-state index is 12.1. The number of ether oxygens (including phenoxy) is 2. The SMILES string of the molecule is O=C(NC[C@H](O)c1csc2ccccc12)C(=O)Nc1ccc2c(c1)OCCO2. The molecule has 1 aromatic heterocycles. The van der Waals surface area contributed by atoms with Crippen molar-refractivity contribution >= 4 is 38.9 Å². The number of benzene rings is 2. The number of carbonyl (C=O) groups is 2. The topological polar surface area (TPSA) is 96.9 Å². The van der Waals surface area contributed by atoms with Crippen molar-refractivity contribution in [3.63, 3.8) is 0 Å². The third-order valence-corrected chi connectivity index (χ3v) is 5.31. The summed E-state index contributed by atoms with van der Waals surface area (Å²) in [4.78, 5) is 24.2. The normalized spacial score (nSPS) is 13.8. The minimum Gasteiger partial charge on any atom is -0.486 e. The van der Waals surface area contributed by atoms with Crippen LogP contribution in [-0.2, 0) is 9.59 Å². The van der Waals surface area contributed by atoms with Crippen molar-refractivity contribution in [1.82, 2.24) is 5.32 Å². The number of anilines is 1. The summed E-state index contributed by atoms with van der Waals surface area (Å²) in [5, 5.41) is 18.2. The number of carbonyl (C=O) groups excluding carboxylic acids is 2. The molecule has 2 aromatic carbocycles. The maximum atomic E-state index is 12.1. The third kappa shape index (κ3) is 3.78. The predicted octanol–water partition coefficient (Wildman–Crippen LogP) is 2.46. The standard InChI is InChI=1S/C20H18N2O5S/c23-15(14-11-28-18-4-2-1-3-13(14)18)10-21-19(24)20(25)22-12-5-6-16-17(9-12)27-8-7-26-16/h1-6,9,11,15,23H,7-8,10H2,(H,21,24)(H,22,25)/t15-/m0/s1. The molecule has 0 spiro atoms. The van der Waals surface area contributed by atoms with E-state index in [4.69, 9.17) is 9.47 Å². The van der Waals surface area contributed by atoms with E-state index in [0.717, 1.165) is 15.6 Å². The van der Waals surface area contributed by atoms with Gasteiger partial charge >= 0.3 is 11.8 Å². The molecule has 0 aliphatic carbocycles. The summed E-state index contributed by atoms with van der Waals surface area (Å²) in [6.07, 6.45) is -0.901. The average molecular weight is 398 g/mol. The van der Waals surface area contributed by atoms with Gasteiger partial charge in [0.2, 0.25) is 0 Å². The lowest BCUT2D eigenvalue weighted by molar-refractivity contribution is -0.136. The Kier molecular flexibility index (Phi) is 5.14. The summed E-state index contributed by atoms with van der Waals surface area (Å²) >= 11 is 1.52. The monoisotopic (exact) mass is 398 g/mol. The van der Waals surface area contributed by atoms with Gasteiger partial charge in [0.25, 0.3) is 0 Å². The molecule has 1 aliphatic heterocycles. The molecule has 28 heavy (non-hydrogen) atoms. The number of nitrogens with one attached hydrogen (secondary N) is 2. The number of fused-ring (bicyclic) bond motifs is 2. The van der Waals surface area contributed by atoms with E-state index in [0.29, 0.717) is 30.4 Å². The lowest BCUT2D eigenvalue weighted by Gasteiger charge is -2.19. The molecular weight excluding hydrogens is 380 g/mol. The van der Waals surface area contributed by atoms with Crippen molar-refractivity contribution in [1.29, 1.82) is 0 Å². The molecule has 0 bridgehead atoms. The molecule has 1 atom stereocenters. The first-order valence-corrected chi connectivity index (χ1v) is 9.63. The first-order chi connectivity index (χ1) is 13.6. The van der Waals surface area contributed by atoms with Crippen LogP contribution >= 0.6 is 11.3 Å². The second-order valence-electron chi connectivity index (χ2n) is 6.23. The fraction of sp³-hybridized carbons (Fsp3) is 0.200. The Morgan fingerprint density at radius 1 is 1.07 bits per heavy atom. The highest BCUT2D eigenvalue weighted by molar-refractivity contribution is 7.17. The van der Waals surface area contributed by atoms with Gasteiger partial charge in [-0.2, -0.15) is 0 Å². The lowest BCUT2D eigenvalue weighted by Crippen LogP contribution is -2.37. The molecular formula is C20H18N2O5S. The van der Waals surface area contributed by atoms with Crippen molar-refractivity contribution in [2.75, 3.05) is 25.1 Å². The van der Waals surface area contributed by atoms with Crippen LogP contribution in [0, 0.1) is 0 Å². The predicted molar refractivity (Wildman–Crippen MR) is 106 cm³/mol. The number of hydrogen-bond acceptors (Lipinski definition) is 6. The van der Waals surface area contributed by atoms with E-state index in [-0.39, 0.29) is 6.54 Å². The van der Waals surface area contributed by atoms with Gasteiger partial charge in [-0.3, -0.25) is 9.59 Å². The first kappa shape index (κ1) is 18.3. The Morgan fingerprint density at radius 3 is 2.71 bits per heavy atom. The van der Waals surface area contributed by atoms with Crippen molar-refractivity contribution < 1.29 is 24.2 Å². The van der Waals surface area contributed by atoms with Crippen LogP contribution in [0.5, 0.6) is 11.5 Å². The van der Waals surface area contributed by atoms with Gasteiger partial charge in [0, 0.05) is 28.6 Å². The van der Waals surface area contributed by atoms with Gasteiger partial charge in [0.15, 0.2) is 11.5 Å². The molecule has 8 heteroatoms. The number of amides is 2. The first-order valence-electron chi connectivity index (χ1n) is 8.75. The van der Waals surface area contributed by atoms with Gasteiger partial charge in [0.1, 0.15) is 13.2 Å². The van der Waals surface area contributed by atoms with E-state index >= 15 is 0 Å². The summed E-state index contributed by atoms with van der Waals surface area (Å²) in [7, 11) is 0. The van der Waals surface area contributed by atoms with Crippen molar-refractivity contribution in [2.24, 2.45) is 0 Å². The van der Waals surface area contributed by atoms with Crippen LogP contribution in [-0.4, -0.2) is 36.7 Å². The fourth-order valence-electron chi connectivity index (χ4n) is 2.94. The van der Waals surface area contributed by atoms with Gasteiger partial charge in [0.05, 0.1) is 6.10 Å². The Hall–Kier alpha value is -3.10. The summed E-state index contributed by atoms with van der Waals surface area (Å²) in [6, 6.07) is 12.6. The highest BCUT2D eigenvalue weighted by atomic mass is 32.1. The van der Waals surface area contributed by atoms with Gasteiger partial charge in [-0.15, -0.1) is 11.3 Å². The smallest absolute Gasteiger partial charge is 0.313 e. The lowest BCUT2D eigenvalue weighted by atomic mass is 10.1. The summed E-state index contributed by atoms with van der Waals surface area (Å²) in [5.74, 6) is -0.531. The largest absolute Gasteiger partial charge is 0.486 e. The average Bonchev–Trinajstić information content (AvgIpc) is 3.16. The molecule has 0 fully saturated rings. The van der Waals surface area contributed by atoms with Crippen LogP contribution < -0.4 is 20.1 Å². The number of aliphatic hydroxyl groups is 1. The van der Waals surface area contributed by atoms with Crippen LogP contribution in [0.4, 0.5) is 5.69 Å². The van der Waals surface area contributed by atoms with Gasteiger partial charge in [-0.25, -0.2) is 0 Å². The molecule has 0 radical (unpaired) electrons. The van der Waals surface area contributed by atoms with E-state index in [2.05, 4.69) is 10.6 Å². The second-order valence-corrected chi connectivity index (χ2v) is 7.14. The quantitative estimate of drug-likeness (QED) is 0.587. The van der Waals surface area contributed by atoms with Crippen LogP contribution in [0.15, 0.2) is 47.8 Å². The van der Waals surface area contributed by atoms with Crippen molar-refractivity contribution in [3.05, 3.63) is 53.4 Å². The Balaban J connectivity index is 1.35. The van der Waals surface area contributed by atoms with E-state index in [9.17, 15) is 14.7 Å². The molecule has 7 nitrogen and oxygen atoms in total. The molecule has 144 valence electrons. The Bertz CT molecular complexity index is 1030. The molecule has 3 aromatic rings. The maximum Gasteiger partial charge on any atom is 0.313 e. The summed E-state index contributed by atoms with van der Waals surface area (Å²) in [5.41, 5.74) is 1.15. The molecule has 3 N–H and O–H groups in total. The van der Waals surface area contributed by atoms with Crippen molar-refractivity contribution in [3.8, 4) is 11.5 Å². The van der Waals surface area contributed by atoms with Crippen LogP contribution in [0.25, 0.3) is 10.1 Å². The van der Waals surface area contributed by atoms with Gasteiger partial charge < -0.3 is 25.2 Å². The van der Waals surface area contributed by atoms with E-state index in [1.54, 1.807) is 18.2 Å². The van der Waals surface area contributed by atoms with E-state index < -0.39 is 17.9 Å². The number of aliphatic hydroxyl groups excluding tert-OH is 1. The highest BCUT2D eigenvalue weighted by Crippen LogP contribution is 2.32. The molecule has 0 saturated carbocycles. The van der Waals surface area contributed by atoms with E-state index in [1.807, 2.05) is 29.6 Å². The highest BCUT2D eigenvalue weighted by Gasteiger charge is 2.19. The summed E-state index contributed by atoms with van der Waals surface area (Å²) < 4.78 is 11.9. The molecule has 2 heterocycles. The number of thiophene rings is 1. The van der Waals surface area contributed by atoms with E-state index in [1.165, 1.54) is 11.3 Å². The van der Waals surface area contributed by atoms with Gasteiger partial charge in [-0.1, -0.05) is 18.2 Å². The second kappa shape index (κ2) is 7.87. The van der Waals surface area contributed by atoms with Crippen LogP contribution in [0.1, 0.15) is 11.7 Å². The minimum atomic E-state index is -0.901. The molecule has 0 unspecified atom stereocenters. The zero-order valence-electron chi connectivity index (χ0n) is 14.8. The summed E-state index contributed by atoms with van der Waals surface area (Å²) in [6.45, 7) is 0.844. The Labute approximate surface area is 164 Å². The molecule has 0 saturated heterocycles. The number of rotatable bonds is 4. The zero-order valence-corrected chi connectivity index (χ0v) is 15.6. The molecule has 4 rings (SSSR count). The molecule has 1 aliphatic rings. The van der Waals surface area contributed by atoms with Gasteiger partial charge in [-0.05, 0) is 29.0 Å². The third-order valence-electron chi connectivity index (χ3n) is 4.33. The number of hydrogen-bond donors (Lipinski definition) is 3. The van der Waals surface area contributed by atoms with Crippen LogP contribution in [0.2, 0.25) is 0 Å². The van der Waals surface area contributed by atoms with Crippen LogP contribution in [0.3, 0.4) is 0 Å². The fourth-order valence-corrected chi connectivity index (χ4v) is 3.95. The zero-order chi connectivity index (χ0) is 19.5. The Morgan fingerprint density at radius 2 is 1.86 bits per heavy atom. The molecule has 2 amide bonds. The van der Waals surface area contributed by atoms with Crippen molar-refractivity contribution in [2.45, 2.75) is 6.10 Å².